The molecule has 1 aromatic heterocycles. The van der Waals surface area contributed by atoms with Gasteiger partial charge >= 0.3 is 5.97 Å². The highest BCUT2D eigenvalue weighted by molar-refractivity contribution is 6.14. The topological polar surface area (TPSA) is 99.0 Å². The first-order valence-electron chi connectivity index (χ1n) is 9.89. The summed E-state index contributed by atoms with van der Waals surface area (Å²) in [5, 5.41) is 14.7. The van der Waals surface area contributed by atoms with E-state index < -0.39 is 12.0 Å². The quantitative estimate of drug-likeness (QED) is 0.514. The van der Waals surface area contributed by atoms with Crippen LogP contribution in [0.3, 0.4) is 0 Å². The smallest absolute Gasteiger partial charge is 0.355 e. The predicted octanol–water partition coefficient (Wildman–Crippen LogP) is 3.30. The van der Waals surface area contributed by atoms with Crippen molar-refractivity contribution in [1.29, 1.82) is 0 Å². The number of rotatable bonds is 4. The Labute approximate surface area is 179 Å². The maximum absolute atomic E-state index is 13.6. The van der Waals surface area contributed by atoms with Crippen LogP contribution in [0.1, 0.15) is 48.3 Å². The average Bonchev–Trinajstić information content (AvgIpc) is 3.25. The molecule has 0 fully saturated rings. The molecule has 0 unspecified atom stereocenters. The van der Waals surface area contributed by atoms with Gasteiger partial charge in [-0.25, -0.2) is 4.79 Å². The number of allylic oxidation sites excluding steroid dienone is 1. The molecule has 0 saturated heterocycles. The maximum atomic E-state index is 13.6. The summed E-state index contributed by atoms with van der Waals surface area (Å²) in [6.07, 6.45) is 0. The van der Waals surface area contributed by atoms with E-state index in [1.165, 1.54) is 11.8 Å². The minimum absolute atomic E-state index is 0.0255. The zero-order valence-corrected chi connectivity index (χ0v) is 17.8. The molecule has 3 aromatic rings. The summed E-state index contributed by atoms with van der Waals surface area (Å²) in [6, 6.07) is 16.0. The van der Waals surface area contributed by atoms with Crippen molar-refractivity contribution in [1.82, 2.24) is 20.2 Å². The van der Waals surface area contributed by atoms with Crippen molar-refractivity contribution in [3.8, 4) is 0 Å². The van der Waals surface area contributed by atoms with Gasteiger partial charge < -0.3 is 10.1 Å². The van der Waals surface area contributed by atoms with Gasteiger partial charge in [0, 0.05) is 5.56 Å². The van der Waals surface area contributed by atoms with Crippen LogP contribution >= 0.6 is 0 Å². The maximum Gasteiger partial charge on any atom is 0.355 e. The molecule has 1 atom stereocenters. The summed E-state index contributed by atoms with van der Waals surface area (Å²) in [7, 11) is 1.27. The van der Waals surface area contributed by atoms with Crippen molar-refractivity contribution in [2.45, 2.75) is 32.2 Å². The van der Waals surface area contributed by atoms with E-state index in [1.54, 1.807) is 24.3 Å². The van der Waals surface area contributed by atoms with Gasteiger partial charge in [-0.2, -0.15) is 4.68 Å². The van der Waals surface area contributed by atoms with Gasteiger partial charge in [-0.05, 0) is 27.0 Å². The lowest BCUT2D eigenvalue weighted by Crippen LogP contribution is -2.33. The number of ketones is 1. The number of carbonyl (C=O) groups excluding carboxylic acids is 2. The summed E-state index contributed by atoms with van der Waals surface area (Å²) in [6.45, 7) is 6.39. The van der Waals surface area contributed by atoms with E-state index >= 15 is 0 Å². The molecule has 1 N–H and O–H groups in total. The molecule has 0 saturated carbocycles. The number of hydrogen-bond acceptors (Lipinski definition) is 7. The first kappa shape index (κ1) is 20.5. The monoisotopic (exact) mass is 417 g/mol. The highest BCUT2D eigenvalue weighted by Crippen LogP contribution is 2.37. The fourth-order valence-electron chi connectivity index (χ4n) is 3.61. The molecule has 2 heterocycles. The predicted molar refractivity (Wildman–Crippen MR) is 115 cm³/mol. The number of Topliss-reactive ketones (excluding diaryl/α,β-unsaturated/α-hetero) is 1. The van der Waals surface area contributed by atoms with Crippen LogP contribution in [0.2, 0.25) is 0 Å². The standard InChI is InChI=1S/C23H23N5O3/c1-23(2,3)16-12-10-14(11-13-16)19-17(20(29)15-8-6-5-7-9-15)18(21(30)31-4)24-22-25-26-27-28(19)22/h5-13,19H,1-4H3,(H,24,25,27)/t19-/m1/s1. The molecule has 1 aliphatic heterocycles. The van der Waals surface area contributed by atoms with E-state index in [9.17, 15) is 9.59 Å². The Morgan fingerprint density at radius 3 is 2.32 bits per heavy atom. The number of tetrazole rings is 1. The molecule has 0 bridgehead atoms. The molecule has 2 aromatic carbocycles. The Morgan fingerprint density at radius 1 is 1.03 bits per heavy atom. The second kappa shape index (κ2) is 7.79. The zero-order chi connectivity index (χ0) is 22.2. The minimum Gasteiger partial charge on any atom is -0.464 e. The third kappa shape index (κ3) is 3.72. The molecule has 0 aliphatic carbocycles. The molecule has 8 nitrogen and oxygen atoms in total. The van der Waals surface area contributed by atoms with Crippen LogP contribution in [-0.2, 0) is 14.9 Å². The lowest BCUT2D eigenvalue weighted by Gasteiger charge is -2.28. The number of ether oxygens (including phenoxy) is 1. The minimum atomic E-state index is -0.693. The number of aromatic nitrogens is 4. The van der Waals surface area contributed by atoms with Crippen molar-refractivity contribution in [2.75, 3.05) is 12.4 Å². The largest absolute Gasteiger partial charge is 0.464 e. The molecule has 158 valence electrons. The number of anilines is 1. The van der Waals surface area contributed by atoms with Crippen LogP contribution in [0, 0.1) is 0 Å². The summed E-state index contributed by atoms with van der Waals surface area (Å²) >= 11 is 0. The summed E-state index contributed by atoms with van der Waals surface area (Å²) in [4.78, 5) is 26.2. The Bertz CT molecular complexity index is 1160. The Hall–Kier alpha value is -3.81. The van der Waals surface area contributed by atoms with Crippen molar-refractivity contribution in [3.63, 3.8) is 0 Å². The van der Waals surface area contributed by atoms with Crippen LogP contribution in [0.15, 0.2) is 65.9 Å². The normalized spacial score (nSPS) is 15.8. The molecule has 0 radical (unpaired) electrons. The third-order valence-electron chi connectivity index (χ3n) is 5.28. The second-order valence-corrected chi connectivity index (χ2v) is 8.32. The first-order chi connectivity index (χ1) is 14.8. The molecule has 1 aliphatic rings. The van der Waals surface area contributed by atoms with E-state index in [1.807, 2.05) is 30.3 Å². The van der Waals surface area contributed by atoms with Crippen molar-refractivity contribution in [3.05, 3.63) is 82.6 Å². The SMILES string of the molecule is COC(=O)C1=C(C(=O)c2ccccc2)[C@@H](c2ccc(C(C)(C)C)cc2)n2nnnc2N1. The van der Waals surface area contributed by atoms with Gasteiger partial charge in [0.2, 0.25) is 5.95 Å². The Kier molecular flexibility index (Phi) is 5.14. The van der Waals surface area contributed by atoms with Crippen LogP contribution in [-0.4, -0.2) is 39.1 Å². The van der Waals surface area contributed by atoms with Crippen molar-refractivity contribution in [2.24, 2.45) is 0 Å². The van der Waals surface area contributed by atoms with Crippen LogP contribution in [0.4, 0.5) is 5.95 Å². The number of nitrogens with one attached hydrogen (secondary N) is 1. The number of esters is 1. The van der Waals surface area contributed by atoms with Gasteiger partial charge in [0.1, 0.15) is 11.7 Å². The summed E-state index contributed by atoms with van der Waals surface area (Å²) in [5.74, 6) is -0.709. The molecular weight excluding hydrogens is 394 g/mol. The first-order valence-corrected chi connectivity index (χ1v) is 9.89. The van der Waals surface area contributed by atoms with Gasteiger partial charge in [-0.1, -0.05) is 80.5 Å². The highest BCUT2D eigenvalue weighted by Gasteiger charge is 2.38. The zero-order valence-electron chi connectivity index (χ0n) is 17.8. The number of carbonyl (C=O) groups is 2. The van der Waals surface area contributed by atoms with Gasteiger partial charge in [0.05, 0.1) is 12.7 Å². The van der Waals surface area contributed by atoms with Gasteiger partial charge in [0.15, 0.2) is 5.78 Å². The summed E-state index contributed by atoms with van der Waals surface area (Å²) in [5.41, 5.74) is 2.61. The van der Waals surface area contributed by atoms with Crippen LogP contribution in [0.5, 0.6) is 0 Å². The lowest BCUT2D eigenvalue weighted by atomic mass is 9.84. The van der Waals surface area contributed by atoms with Gasteiger partial charge in [-0.15, -0.1) is 0 Å². The van der Waals surface area contributed by atoms with E-state index in [4.69, 9.17) is 4.74 Å². The Morgan fingerprint density at radius 2 is 1.71 bits per heavy atom. The van der Waals surface area contributed by atoms with Crippen molar-refractivity contribution < 1.29 is 14.3 Å². The van der Waals surface area contributed by atoms with E-state index in [-0.39, 0.29) is 28.4 Å². The Balaban J connectivity index is 1.92. The molecular formula is C23H23N5O3. The number of nitrogens with zero attached hydrogens (tertiary/aromatic N) is 4. The van der Waals surface area contributed by atoms with Crippen LogP contribution < -0.4 is 5.32 Å². The molecule has 4 rings (SSSR count). The van der Waals surface area contributed by atoms with Gasteiger partial charge in [-0.3, -0.25) is 4.79 Å². The summed E-state index contributed by atoms with van der Waals surface area (Å²) < 4.78 is 6.46. The molecule has 8 heteroatoms. The third-order valence-corrected chi connectivity index (χ3v) is 5.28. The fraction of sp³-hybridized carbons (Fsp3) is 0.261. The van der Waals surface area contributed by atoms with Crippen LogP contribution in [0.25, 0.3) is 0 Å². The average molecular weight is 417 g/mol. The van der Waals surface area contributed by atoms with Gasteiger partial charge in [0.25, 0.3) is 0 Å². The number of hydrogen-bond donors (Lipinski definition) is 1. The molecule has 0 amide bonds. The lowest BCUT2D eigenvalue weighted by molar-refractivity contribution is -0.136. The van der Waals surface area contributed by atoms with Crippen molar-refractivity contribution >= 4 is 17.7 Å². The number of fused-ring (bicyclic) bond motifs is 1. The van der Waals surface area contributed by atoms with E-state index in [0.717, 1.165) is 11.1 Å². The highest BCUT2D eigenvalue weighted by atomic mass is 16.5. The number of benzene rings is 2. The second-order valence-electron chi connectivity index (χ2n) is 8.32. The van der Waals surface area contributed by atoms with E-state index in [0.29, 0.717) is 5.56 Å². The molecule has 0 spiro atoms. The van der Waals surface area contributed by atoms with E-state index in [2.05, 4.69) is 41.6 Å². The fourth-order valence-corrected chi connectivity index (χ4v) is 3.61. The molecule has 31 heavy (non-hydrogen) atoms. The number of methoxy groups -OCH3 is 1.